The molecule has 0 amide bonds. The molecule has 0 atom stereocenters. The first-order valence-electron chi connectivity index (χ1n) is 9.74. The van der Waals surface area contributed by atoms with E-state index in [0.717, 1.165) is 47.3 Å². The molecule has 1 aliphatic heterocycles. The quantitative estimate of drug-likeness (QED) is 0.384. The molecular formula is C22H29N3O4. The second kappa shape index (κ2) is 10.6. The summed E-state index contributed by atoms with van der Waals surface area (Å²) >= 11 is 0. The second-order valence-electron chi connectivity index (χ2n) is 6.74. The maximum atomic E-state index is 5.85. The number of aliphatic imine (C=N–C) groups is 1. The first kappa shape index (κ1) is 20.8. The minimum absolute atomic E-state index is 0.295. The van der Waals surface area contributed by atoms with Crippen molar-refractivity contribution in [2.75, 3.05) is 40.7 Å². The molecule has 1 heterocycles. The van der Waals surface area contributed by atoms with Gasteiger partial charge in [-0.1, -0.05) is 18.2 Å². The summed E-state index contributed by atoms with van der Waals surface area (Å²) in [6.45, 7) is 4.80. The summed E-state index contributed by atoms with van der Waals surface area (Å²) in [6, 6.07) is 12.2. The summed E-state index contributed by atoms with van der Waals surface area (Å²) in [5.41, 5.74) is 3.42. The molecule has 0 saturated heterocycles. The van der Waals surface area contributed by atoms with Crippen molar-refractivity contribution in [2.45, 2.75) is 19.9 Å². The number of methoxy groups -OCH3 is 1. The van der Waals surface area contributed by atoms with Crippen molar-refractivity contribution in [1.29, 1.82) is 0 Å². The molecule has 0 saturated carbocycles. The summed E-state index contributed by atoms with van der Waals surface area (Å²) in [5.74, 6) is 3.23. The first-order valence-corrected chi connectivity index (χ1v) is 9.74. The van der Waals surface area contributed by atoms with Gasteiger partial charge in [0.05, 0.1) is 6.61 Å². The number of benzene rings is 2. The number of ether oxygens (including phenoxy) is 4. The summed E-state index contributed by atoms with van der Waals surface area (Å²) in [7, 11) is 3.43. The van der Waals surface area contributed by atoms with Gasteiger partial charge in [-0.15, -0.1) is 0 Å². The number of rotatable bonds is 9. The average Bonchev–Trinajstić information content (AvgIpc) is 3.19. The van der Waals surface area contributed by atoms with Crippen LogP contribution in [0, 0.1) is 6.92 Å². The molecule has 0 unspecified atom stereocenters. The Morgan fingerprint density at radius 3 is 2.76 bits per heavy atom. The van der Waals surface area contributed by atoms with Gasteiger partial charge in [0.2, 0.25) is 6.79 Å². The van der Waals surface area contributed by atoms with Crippen LogP contribution in [-0.4, -0.2) is 46.7 Å². The summed E-state index contributed by atoms with van der Waals surface area (Å²) < 4.78 is 21.7. The minimum atomic E-state index is 0.295. The van der Waals surface area contributed by atoms with E-state index in [-0.39, 0.29) is 0 Å². The van der Waals surface area contributed by atoms with E-state index in [2.05, 4.69) is 40.7 Å². The average molecular weight is 399 g/mol. The van der Waals surface area contributed by atoms with Crippen molar-refractivity contribution in [3.05, 3.63) is 53.1 Å². The van der Waals surface area contributed by atoms with E-state index in [1.54, 1.807) is 14.2 Å². The third-order valence-electron chi connectivity index (χ3n) is 4.58. The van der Waals surface area contributed by atoms with Crippen LogP contribution < -0.4 is 24.8 Å². The van der Waals surface area contributed by atoms with Crippen LogP contribution >= 0.6 is 0 Å². The molecule has 0 aliphatic carbocycles. The fourth-order valence-corrected chi connectivity index (χ4v) is 3.00. The largest absolute Gasteiger partial charge is 0.491 e. The SMILES string of the molecule is CN=C(NCCc1ccc2c(c1)OCO2)NCc1ccc(C)cc1OCCOC. The van der Waals surface area contributed by atoms with Gasteiger partial charge in [0.1, 0.15) is 12.4 Å². The molecule has 0 radical (unpaired) electrons. The van der Waals surface area contributed by atoms with Crippen LogP contribution in [0.2, 0.25) is 0 Å². The molecular weight excluding hydrogens is 370 g/mol. The van der Waals surface area contributed by atoms with Gasteiger partial charge in [-0.05, 0) is 42.7 Å². The van der Waals surface area contributed by atoms with Crippen molar-refractivity contribution in [3.63, 3.8) is 0 Å². The molecule has 1 aliphatic rings. The molecule has 0 fully saturated rings. The number of nitrogens with zero attached hydrogens (tertiary/aromatic N) is 1. The monoisotopic (exact) mass is 399 g/mol. The molecule has 7 heteroatoms. The van der Waals surface area contributed by atoms with E-state index in [9.17, 15) is 0 Å². The first-order chi connectivity index (χ1) is 14.2. The summed E-state index contributed by atoms with van der Waals surface area (Å²) in [4.78, 5) is 4.30. The highest BCUT2D eigenvalue weighted by atomic mass is 16.7. The Kier molecular flexibility index (Phi) is 7.58. The Hall–Kier alpha value is -2.93. The molecule has 3 rings (SSSR count). The zero-order valence-corrected chi connectivity index (χ0v) is 17.3. The highest BCUT2D eigenvalue weighted by molar-refractivity contribution is 5.79. The third kappa shape index (κ3) is 6.02. The topological polar surface area (TPSA) is 73.3 Å². The lowest BCUT2D eigenvalue weighted by atomic mass is 10.1. The predicted octanol–water partition coefficient (Wildman–Crippen LogP) is 2.66. The Labute approximate surface area is 172 Å². The minimum Gasteiger partial charge on any atom is -0.491 e. The highest BCUT2D eigenvalue weighted by Gasteiger charge is 2.13. The fourth-order valence-electron chi connectivity index (χ4n) is 3.00. The Balaban J connectivity index is 1.49. The molecule has 0 spiro atoms. The van der Waals surface area contributed by atoms with Crippen molar-refractivity contribution < 1.29 is 18.9 Å². The molecule has 2 N–H and O–H groups in total. The van der Waals surface area contributed by atoms with Gasteiger partial charge in [0.25, 0.3) is 0 Å². The maximum absolute atomic E-state index is 5.85. The number of hydrogen-bond acceptors (Lipinski definition) is 5. The van der Waals surface area contributed by atoms with Crippen molar-refractivity contribution in [2.24, 2.45) is 4.99 Å². The summed E-state index contributed by atoms with van der Waals surface area (Å²) in [5, 5.41) is 6.69. The lowest BCUT2D eigenvalue weighted by Crippen LogP contribution is -2.37. The third-order valence-corrected chi connectivity index (χ3v) is 4.58. The van der Waals surface area contributed by atoms with Gasteiger partial charge in [-0.2, -0.15) is 0 Å². The molecule has 7 nitrogen and oxygen atoms in total. The smallest absolute Gasteiger partial charge is 0.231 e. The van der Waals surface area contributed by atoms with Crippen LogP contribution in [-0.2, 0) is 17.7 Å². The molecule has 0 bridgehead atoms. The van der Waals surface area contributed by atoms with Crippen molar-refractivity contribution in [1.82, 2.24) is 10.6 Å². The van der Waals surface area contributed by atoms with Gasteiger partial charge < -0.3 is 29.6 Å². The van der Waals surface area contributed by atoms with E-state index >= 15 is 0 Å². The van der Waals surface area contributed by atoms with Crippen LogP contribution in [0.15, 0.2) is 41.4 Å². The summed E-state index contributed by atoms with van der Waals surface area (Å²) in [6.07, 6.45) is 0.854. The second-order valence-corrected chi connectivity index (χ2v) is 6.74. The van der Waals surface area contributed by atoms with Crippen LogP contribution in [0.3, 0.4) is 0 Å². The number of aryl methyl sites for hydroxylation is 1. The normalized spacial score (nSPS) is 12.7. The van der Waals surface area contributed by atoms with Crippen LogP contribution in [0.25, 0.3) is 0 Å². The van der Waals surface area contributed by atoms with E-state index in [1.807, 2.05) is 18.2 Å². The standard InChI is InChI=1S/C22H29N3O4/c1-16-4-6-18(20(12-16)27-11-10-26-3)14-25-22(23-2)24-9-8-17-5-7-19-21(13-17)29-15-28-19/h4-7,12-13H,8-11,14-15H2,1-3H3,(H2,23,24,25). The molecule has 29 heavy (non-hydrogen) atoms. The fraction of sp³-hybridized carbons (Fsp3) is 0.409. The lowest BCUT2D eigenvalue weighted by Gasteiger charge is -2.15. The molecule has 2 aromatic rings. The zero-order valence-electron chi connectivity index (χ0n) is 17.3. The van der Waals surface area contributed by atoms with Crippen LogP contribution in [0.5, 0.6) is 17.2 Å². The van der Waals surface area contributed by atoms with E-state index in [4.69, 9.17) is 18.9 Å². The van der Waals surface area contributed by atoms with E-state index in [0.29, 0.717) is 26.6 Å². The maximum Gasteiger partial charge on any atom is 0.231 e. The lowest BCUT2D eigenvalue weighted by molar-refractivity contribution is 0.145. The Morgan fingerprint density at radius 2 is 1.93 bits per heavy atom. The number of hydrogen-bond donors (Lipinski definition) is 2. The van der Waals surface area contributed by atoms with Gasteiger partial charge in [-0.25, -0.2) is 0 Å². The molecule has 0 aromatic heterocycles. The van der Waals surface area contributed by atoms with Gasteiger partial charge in [-0.3, -0.25) is 4.99 Å². The molecule has 156 valence electrons. The van der Waals surface area contributed by atoms with Crippen LogP contribution in [0.4, 0.5) is 0 Å². The molecule has 2 aromatic carbocycles. The number of fused-ring (bicyclic) bond motifs is 1. The van der Waals surface area contributed by atoms with Crippen molar-refractivity contribution >= 4 is 5.96 Å². The van der Waals surface area contributed by atoms with Gasteiger partial charge >= 0.3 is 0 Å². The number of guanidine groups is 1. The van der Waals surface area contributed by atoms with Crippen LogP contribution in [0.1, 0.15) is 16.7 Å². The number of nitrogens with one attached hydrogen (secondary N) is 2. The van der Waals surface area contributed by atoms with Gasteiger partial charge in [0.15, 0.2) is 17.5 Å². The highest BCUT2D eigenvalue weighted by Crippen LogP contribution is 2.32. The van der Waals surface area contributed by atoms with E-state index < -0.39 is 0 Å². The van der Waals surface area contributed by atoms with Crippen molar-refractivity contribution in [3.8, 4) is 17.2 Å². The Morgan fingerprint density at radius 1 is 1.07 bits per heavy atom. The Bertz CT molecular complexity index is 839. The van der Waals surface area contributed by atoms with Gasteiger partial charge in [0, 0.05) is 32.8 Å². The van der Waals surface area contributed by atoms with E-state index in [1.165, 1.54) is 5.56 Å². The zero-order chi connectivity index (χ0) is 20.5. The predicted molar refractivity (Wildman–Crippen MR) is 113 cm³/mol.